The third-order valence-corrected chi connectivity index (χ3v) is 7.23. The summed E-state index contributed by atoms with van der Waals surface area (Å²) in [6, 6.07) is 9.04. The molecule has 1 aliphatic rings. The van der Waals surface area contributed by atoms with Gasteiger partial charge in [0.25, 0.3) is 5.91 Å². The van der Waals surface area contributed by atoms with E-state index in [1.54, 1.807) is 25.1 Å². The second-order valence-corrected chi connectivity index (χ2v) is 9.26. The summed E-state index contributed by atoms with van der Waals surface area (Å²) in [5, 5.41) is 13.8. The fourth-order valence-electron chi connectivity index (χ4n) is 3.46. The minimum atomic E-state index is -3.68. The average molecular weight is 435 g/mol. The summed E-state index contributed by atoms with van der Waals surface area (Å²) in [4.78, 5) is 12.8. The molecule has 1 fully saturated rings. The smallest absolute Gasteiger partial charge is 0.291 e. The molecular formula is C20H19ClN2O5S. The number of halogens is 1. The van der Waals surface area contributed by atoms with Crippen molar-refractivity contribution in [1.29, 1.82) is 0 Å². The Hall–Kier alpha value is -2.55. The summed E-state index contributed by atoms with van der Waals surface area (Å²) in [5.41, 5.74) is 0.980. The van der Waals surface area contributed by atoms with Crippen LogP contribution in [0.25, 0.3) is 11.0 Å². The number of aryl methyl sites for hydroxylation is 1. The Bertz CT molecular complexity index is 1210. The van der Waals surface area contributed by atoms with E-state index in [0.29, 0.717) is 34.6 Å². The van der Waals surface area contributed by atoms with E-state index in [1.165, 1.54) is 22.5 Å². The van der Waals surface area contributed by atoms with Gasteiger partial charge in [0.1, 0.15) is 5.75 Å². The zero-order valence-electron chi connectivity index (χ0n) is 15.6. The molecule has 2 aromatic carbocycles. The Kier molecular flexibility index (Phi) is 5.02. The summed E-state index contributed by atoms with van der Waals surface area (Å²) in [6.07, 6.45) is 1.63. The second kappa shape index (κ2) is 7.37. The van der Waals surface area contributed by atoms with Crippen molar-refractivity contribution in [1.82, 2.24) is 4.31 Å². The number of carbonyl (C=O) groups is 1. The highest BCUT2D eigenvalue weighted by Gasteiger charge is 2.28. The molecule has 0 atom stereocenters. The molecule has 7 nitrogen and oxygen atoms in total. The van der Waals surface area contributed by atoms with Crippen molar-refractivity contribution in [2.75, 3.05) is 18.4 Å². The predicted molar refractivity (Wildman–Crippen MR) is 110 cm³/mol. The highest BCUT2D eigenvalue weighted by atomic mass is 35.5. The summed E-state index contributed by atoms with van der Waals surface area (Å²) >= 11 is 6.13. The number of rotatable bonds is 4. The molecule has 152 valence electrons. The van der Waals surface area contributed by atoms with Crippen molar-refractivity contribution >= 4 is 44.2 Å². The third kappa shape index (κ3) is 3.48. The summed E-state index contributed by atoms with van der Waals surface area (Å²) in [7, 11) is -3.68. The lowest BCUT2D eigenvalue weighted by molar-refractivity contribution is 0.0997. The van der Waals surface area contributed by atoms with Crippen LogP contribution in [0.2, 0.25) is 5.02 Å². The Morgan fingerprint density at radius 2 is 1.93 bits per heavy atom. The second-order valence-electron chi connectivity index (χ2n) is 6.92. The number of furan rings is 1. The van der Waals surface area contributed by atoms with Gasteiger partial charge in [0, 0.05) is 24.0 Å². The molecule has 1 saturated heterocycles. The Morgan fingerprint density at radius 1 is 1.21 bits per heavy atom. The first kappa shape index (κ1) is 19.8. The molecule has 0 bridgehead atoms. The first-order chi connectivity index (χ1) is 13.8. The number of anilines is 1. The van der Waals surface area contributed by atoms with Crippen LogP contribution in [0, 0.1) is 6.92 Å². The average Bonchev–Trinajstić information content (AvgIpc) is 3.33. The van der Waals surface area contributed by atoms with Gasteiger partial charge in [-0.05, 0) is 44.0 Å². The van der Waals surface area contributed by atoms with Crippen molar-refractivity contribution in [3.05, 3.63) is 52.7 Å². The van der Waals surface area contributed by atoms with Gasteiger partial charge < -0.3 is 14.8 Å². The Labute approximate surface area is 172 Å². The first-order valence-electron chi connectivity index (χ1n) is 9.11. The topological polar surface area (TPSA) is 99.9 Å². The molecule has 0 radical (unpaired) electrons. The summed E-state index contributed by atoms with van der Waals surface area (Å²) in [6.45, 7) is 2.65. The maximum Gasteiger partial charge on any atom is 0.291 e. The molecule has 0 saturated carbocycles. The van der Waals surface area contributed by atoms with Crippen LogP contribution >= 0.6 is 11.6 Å². The van der Waals surface area contributed by atoms with Gasteiger partial charge in [0.2, 0.25) is 10.0 Å². The number of fused-ring (bicyclic) bond motifs is 1. The maximum atomic E-state index is 12.8. The van der Waals surface area contributed by atoms with Gasteiger partial charge in [-0.1, -0.05) is 23.7 Å². The van der Waals surface area contributed by atoms with Crippen molar-refractivity contribution < 1.29 is 22.7 Å². The quantitative estimate of drug-likeness (QED) is 0.601. The van der Waals surface area contributed by atoms with E-state index in [-0.39, 0.29) is 22.1 Å². The number of carbonyl (C=O) groups excluding carboxylic acids is 1. The molecule has 0 unspecified atom stereocenters. The van der Waals surface area contributed by atoms with E-state index in [4.69, 9.17) is 16.0 Å². The van der Waals surface area contributed by atoms with E-state index in [9.17, 15) is 18.3 Å². The minimum absolute atomic E-state index is 0.0110. The Balaban J connectivity index is 1.67. The van der Waals surface area contributed by atoms with Gasteiger partial charge in [-0.25, -0.2) is 8.42 Å². The van der Waals surface area contributed by atoms with E-state index >= 15 is 0 Å². The molecule has 2 N–H and O–H groups in total. The number of hydrogen-bond donors (Lipinski definition) is 2. The SMILES string of the molecule is Cc1c(C(=O)Nc2cc(S(=O)(=O)N3CCCC3)ccc2O)oc2c(Cl)cccc12. The van der Waals surface area contributed by atoms with Crippen LogP contribution in [0.15, 0.2) is 45.7 Å². The van der Waals surface area contributed by atoms with E-state index in [2.05, 4.69) is 5.32 Å². The van der Waals surface area contributed by atoms with Crippen molar-refractivity contribution in [2.45, 2.75) is 24.7 Å². The molecular weight excluding hydrogens is 416 g/mol. The van der Waals surface area contributed by atoms with Crippen LogP contribution in [0.1, 0.15) is 29.0 Å². The van der Waals surface area contributed by atoms with Crippen molar-refractivity contribution in [3.63, 3.8) is 0 Å². The number of phenols is 1. The number of nitrogens with zero attached hydrogens (tertiary/aromatic N) is 1. The fraction of sp³-hybridized carbons (Fsp3) is 0.250. The highest BCUT2D eigenvalue weighted by Crippen LogP contribution is 2.33. The lowest BCUT2D eigenvalue weighted by Crippen LogP contribution is -2.28. The number of aromatic hydroxyl groups is 1. The number of sulfonamides is 1. The molecule has 3 aromatic rings. The third-order valence-electron chi connectivity index (χ3n) is 5.04. The number of amides is 1. The summed E-state index contributed by atoms with van der Waals surface area (Å²) < 4.78 is 32.6. The van der Waals surface area contributed by atoms with Gasteiger partial charge in [-0.15, -0.1) is 0 Å². The van der Waals surface area contributed by atoms with Crippen LogP contribution in [-0.2, 0) is 10.0 Å². The lowest BCUT2D eigenvalue weighted by atomic mass is 10.1. The molecule has 2 heterocycles. The zero-order valence-corrected chi connectivity index (χ0v) is 17.2. The number of nitrogens with one attached hydrogen (secondary N) is 1. The van der Waals surface area contributed by atoms with Gasteiger partial charge in [-0.2, -0.15) is 4.31 Å². The number of para-hydroxylation sites is 1. The van der Waals surface area contributed by atoms with Gasteiger partial charge in [0.05, 0.1) is 15.6 Å². The standard InChI is InChI=1S/C20H19ClN2O5S/c1-12-14-5-4-6-15(21)19(14)28-18(12)20(25)22-16-11-13(7-8-17(16)24)29(26,27)23-9-2-3-10-23/h4-8,11,24H,2-3,9-10H2,1H3,(H,22,25). The summed E-state index contributed by atoms with van der Waals surface area (Å²) in [5.74, 6) is -0.813. The molecule has 1 aliphatic heterocycles. The van der Waals surface area contributed by atoms with Gasteiger partial charge in [-0.3, -0.25) is 4.79 Å². The largest absolute Gasteiger partial charge is 0.506 e. The van der Waals surface area contributed by atoms with Crippen LogP contribution in [0.3, 0.4) is 0 Å². The first-order valence-corrected chi connectivity index (χ1v) is 10.9. The van der Waals surface area contributed by atoms with Crippen LogP contribution in [0.5, 0.6) is 5.75 Å². The number of phenolic OH excluding ortho intramolecular Hbond substituents is 1. The molecule has 9 heteroatoms. The van der Waals surface area contributed by atoms with E-state index < -0.39 is 15.9 Å². The molecule has 1 amide bonds. The predicted octanol–water partition coefficient (Wildman–Crippen LogP) is 4.14. The van der Waals surface area contributed by atoms with Crippen LogP contribution < -0.4 is 5.32 Å². The molecule has 29 heavy (non-hydrogen) atoms. The zero-order chi connectivity index (χ0) is 20.8. The van der Waals surface area contributed by atoms with Gasteiger partial charge in [0.15, 0.2) is 11.3 Å². The molecule has 0 spiro atoms. The maximum absolute atomic E-state index is 12.8. The fourth-order valence-corrected chi connectivity index (χ4v) is 5.21. The number of benzene rings is 2. The van der Waals surface area contributed by atoms with Crippen molar-refractivity contribution in [2.24, 2.45) is 0 Å². The van der Waals surface area contributed by atoms with Crippen LogP contribution in [-0.4, -0.2) is 36.8 Å². The molecule has 0 aliphatic carbocycles. The van der Waals surface area contributed by atoms with E-state index in [1.807, 2.05) is 0 Å². The normalized spacial score (nSPS) is 15.1. The molecule has 4 rings (SSSR count). The molecule has 1 aromatic heterocycles. The number of hydrogen-bond acceptors (Lipinski definition) is 5. The van der Waals surface area contributed by atoms with E-state index in [0.717, 1.165) is 12.8 Å². The highest BCUT2D eigenvalue weighted by molar-refractivity contribution is 7.89. The van der Waals surface area contributed by atoms with Crippen molar-refractivity contribution in [3.8, 4) is 5.75 Å². The Morgan fingerprint density at radius 3 is 2.62 bits per heavy atom. The monoisotopic (exact) mass is 434 g/mol. The van der Waals surface area contributed by atoms with Gasteiger partial charge >= 0.3 is 0 Å². The lowest BCUT2D eigenvalue weighted by Gasteiger charge is -2.16. The van der Waals surface area contributed by atoms with Crippen LogP contribution in [0.4, 0.5) is 5.69 Å². The minimum Gasteiger partial charge on any atom is -0.506 e.